The first-order chi connectivity index (χ1) is 19.2. The van der Waals surface area contributed by atoms with Crippen LogP contribution >= 0.6 is 0 Å². The fraction of sp³-hybridized carbons (Fsp3) is 0.333. The first-order valence-electron chi connectivity index (χ1n) is 12.9. The van der Waals surface area contributed by atoms with Gasteiger partial charge in [0.05, 0.1) is 33.4 Å². The van der Waals surface area contributed by atoms with Crippen LogP contribution in [0, 0.1) is 0 Å². The van der Waals surface area contributed by atoms with E-state index >= 15 is 0 Å². The summed E-state index contributed by atoms with van der Waals surface area (Å²) >= 11 is 0. The van der Waals surface area contributed by atoms with Crippen molar-refractivity contribution in [2.24, 2.45) is 0 Å². The molecule has 3 aromatic carbocycles. The van der Waals surface area contributed by atoms with Crippen LogP contribution in [0.1, 0.15) is 37.9 Å². The molecule has 0 aliphatic heterocycles. The molecule has 0 saturated carbocycles. The topological polar surface area (TPSA) is 108 Å². The summed E-state index contributed by atoms with van der Waals surface area (Å²) in [7, 11) is 4.61. The zero-order chi connectivity index (χ0) is 28.9. The minimum absolute atomic E-state index is 0.0814. The number of amides is 2. The maximum absolute atomic E-state index is 14.2. The van der Waals surface area contributed by atoms with Crippen LogP contribution in [0.2, 0.25) is 0 Å². The minimum Gasteiger partial charge on any atom is -0.496 e. The molecule has 0 saturated heterocycles. The Morgan fingerprint density at radius 2 is 1.57 bits per heavy atom. The minimum atomic E-state index is -1.07. The van der Waals surface area contributed by atoms with Crippen LogP contribution in [0.4, 0.5) is 0 Å². The van der Waals surface area contributed by atoms with Crippen LogP contribution in [-0.2, 0) is 22.7 Å². The molecule has 4 aromatic rings. The largest absolute Gasteiger partial charge is 0.496 e. The molecule has 0 aliphatic carbocycles. The molecule has 210 valence electrons. The van der Waals surface area contributed by atoms with Gasteiger partial charge in [-0.15, -0.1) is 5.10 Å². The number of methoxy groups -OCH3 is 3. The number of nitrogens with zero attached hydrogens (tertiary/aromatic N) is 4. The van der Waals surface area contributed by atoms with Crippen molar-refractivity contribution < 1.29 is 23.8 Å². The molecule has 0 fully saturated rings. The van der Waals surface area contributed by atoms with Gasteiger partial charge >= 0.3 is 0 Å². The van der Waals surface area contributed by atoms with E-state index in [0.717, 1.165) is 5.56 Å². The van der Waals surface area contributed by atoms with Gasteiger partial charge < -0.3 is 24.4 Å². The summed E-state index contributed by atoms with van der Waals surface area (Å²) in [6.45, 7) is 5.61. The highest BCUT2D eigenvalue weighted by Gasteiger charge is 2.36. The van der Waals surface area contributed by atoms with E-state index in [-0.39, 0.29) is 24.9 Å². The Morgan fingerprint density at radius 3 is 2.27 bits per heavy atom. The third-order valence-electron chi connectivity index (χ3n) is 6.35. The number of carbonyl (C=O) groups is 2. The van der Waals surface area contributed by atoms with Crippen molar-refractivity contribution in [2.45, 2.75) is 45.4 Å². The number of hydrogen-bond donors (Lipinski definition) is 1. The van der Waals surface area contributed by atoms with Crippen LogP contribution < -0.4 is 19.5 Å². The summed E-state index contributed by atoms with van der Waals surface area (Å²) in [4.78, 5) is 29.8. The van der Waals surface area contributed by atoms with Gasteiger partial charge in [-0.05, 0) is 45.0 Å². The van der Waals surface area contributed by atoms with Crippen molar-refractivity contribution in [3.05, 3.63) is 77.9 Å². The summed E-state index contributed by atoms with van der Waals surface area (Å²) in [6.07, 6.45) is 0. The average Bonchev–Trinajstić information content (AvgIpc) is 3.34. The smallest absolute Gasteiger partial charge is 0.248 e. The molecular formula is C30H35N5O5. The summed E-state index contributed by atoms with van der Waals surface area (Å²) in [5.41, 5.74) is 2.03. The SMILES string of the molecule is COc1ccccc1CN(C(=O)Cn1nnc2ccccc21)C(C(=O)NC(C)(C)C)c1cccc(OC)c1OC. The van der Waals surface area contributed by atoms with E-state index in [9.17, 15) is 9.59 Å². The van der Waals surface area contributed by atoms with E-state index in [0.29, 0.717) is 33.8 Å². The van der Waals surface area contributed by atoms with Gasteiger partial charge in [0, 0.05) is 16.7 Å². The Hall–Kier alpha value is -4.60. The van der Waals surface area contributed by atoms with Crippen molar-refractivity contribution in [3.8, 4) is 17.2 Å². The number of hydrogen-bond acceptors (Lipinski definition) is 7. The summed E-state index contributed by atoms with van der Waals surface area (Å²) in [6, 6.07) is 19.0. The second kappa shape index (κ2) is 12.1. The molecule has 10 heteroatoms. The summed E-state index contributed by atoms with van der Waals surface area (Å²) < 4.78 is 18.4. The van der Waals surface area contributed by atoms with Crippen molar-refractivity contribution in [1.29, 1.82) is 0 Å². The molecule has 1 aromatic heterocycles. The molecule has 0 radical (unpaired) electrons. The first-order valence-corrected chi connectivity index (χ1v) is 12.9. The molecule has 1 unspecified atom stereocenters. The number of carbonyl (C=O) groups excluding carboxylic acids is 2. The Balaban J connectivity index is 1.87. The second-order valence-corrected chi connectivity index (χ2v) is 10.3. The number of rotatable bonds is 10. The van der Waals surface area contributed by atoms with E-state index < -0.39 is 11.6 Å². The van der Waals surface area contributed by atoms with E-state index in [1.807, 2.05) is 69.3 Å². The van der Waals surface area contributed by atoms with Gasteiger partial charge in [0.2, 0.25) is 11.8 Å². The van der Waals surface area contributed by atoms with E-state index in [1.165, 1.54) is 23.8 Å². The van der Waals surface area contributed by atoms with Gasteiger partial charge in [-0.1, -0.05) is 47.7 Å². The predicted molar refractivity (Wildman–Crippen MR) is 151 cm³/mol. The molecule has 40 heavy (non-hydrogen) atoms. The zero-order valence-electron chi connectivity index (χ0n) is 23.7. The molecular weight excluding hydrogens is 510 g/mol. The quantitative estimate of drug-likeness (QED) is 0.319. The standard InChI is InChI=1S/C30H35N5O5/c1-30(2,3)31-29(37)27(21-13-11-17-25(39-5)28(21)40-6)34(18-20-12-7-10-16-24(20)38-4)26(36)19-35-23-15-9-8-14-22(23)32-33-35/h7-17,27H,18-19H2,1-6H3,(H,31,37). The fourth-order valence-electron chi connectivity index (χ4n) is 4.61. The Morgan fingerprint density at radius 1 is 0.900 bits per heavy atom. The Labute approximate surface area is 233 Å². The number of nitrogens with one attached hydrogen (secondary N) is 1. The van der Waals surface area contributed by atoms with Gasteiger partial charge in [0.25, 0.3) is 0 Å². The molecule has 0 bridgehead atoms. The Kier molecular flexibility index (Phi) is 8.57. The third kappa shape index (κ3) is 6.17. The van der Waals surface area contributed by atoms with E-state index in [4.69, 9.17) is 14.2 Å². The lowest BCUT2D eigenvalue weighted by atomic mass is 9.99. The molecule has 1 atom stereocenters. The highest BCUT2D eigenvalue weighted by atomic mass is 16.5. The summed E-state index contributed by atoms with van der Waals surface area (Å²) in [5, 5.41) is 11.4. The fourth-order valence-corrected chi connectivity index (χ4v) is 4.61. The lowest BCUT2D eigenvalue weighted by molar-refractivity contribution is -0.143. The number of para-hydroxylation sites is 3. The van der Waals surface area contributed by atoms with Crippen molar-refractivity contribution in [2.75, 3.05) is 21.3 Å². The predicted octanol–water partition coefficient (Wildman–Crippen LogP) is 4.14. The molecule has 10 nitrogen and oxygen atoms in total. The van der Waals surface area contributed by atoms with Gasteiger partial charge in [0.1, 0.15) is 23.9 Å². The van der Waals surface area contributed by atoms with Gasteiger partial charge in [-0.3, -0.25) is 9.59 Å². The number of aromatic nitrogens is 3. The highest BCUT2D eigenvalue weighted by Crippen LogP contribution is 2.38. The van der Waals surface area contributed by atoms with Crippen LogP contribution in [0.25, 0.3) is 11.0 Å². The summed E-state index contributed by atoms with van der Waals surface area (Å²) in [5.74, 6) is 0.689. The van der Waals surface area contributed by atoms with Gasteiger partial charge in [-0.2, -0.15) is 0 Å². The lowest BCUT2D eigenvalue weighted by Gasteiger charge is -2.35. The van der Waals surface area contributed by atoms with Crippen molar-refractivity contribution >= 4 is 22.8 Å². The third-order valence-corrected chi connectivity index (χ3v) is 6.35. The van der Waals surface area contributed by atoms with Crippen LogP contribution in [0.15, 0.2) is 66.7 Å². The zero-order valence-corrected chi connectivity index (χ0v) is 23.7. The molecule has 0 spiro atoms. The highest BCUT2D eigenvalue weighted by molar-refractivity contribution is 5.90. The maximum atomic E-state index is 14.2. The Bertz CT molecular complexity index is 1490. The van der Waals surface area contributed by atoms with Gasteiger partial charge in [-0.25, -0.2) is 4.68 Å². The average molecular weight is 546 g/mol. The molecule has 1 heterocycles. The second-order valence-electron chi connectivity index (χ2n) is 10.3. The molecule has 0 aliphatic rings. The van der Waals surface area contributed by atoms with E-state index in [1.54, 1.807) is 25.3 Å². The number of fused-ring (bicyclic) bond motifs is 1. The monoisotopic (exact) mass is 545 g/mol. The molecule has 4 rings (SSSR count). The van der Waals surface area contributed by atoms with Crippen LogP contribution in [0.5, 0.6) is 17.2 Å². The number of ether oxygens (including phenoxy) is 3. The number of benzene rings is 3. The molecule has 1 N–H and O–H groups in total. The van der Waals surface area contributed by atoms with Gasteiger partial charge in [0.15, 0.2) is 11.5 Å². The molecule has 2 amide bonds. The van der Waals surface area contributed by atoms with Crippen molar-refractivity contribution in [3.63, 3.8) is 0 Å². The lowest BCUT2D eigenvalue weighted by Crippen LogP contribution is -2.49. The van der Waals surface area contributed by atoms with Crippen LogP contribution in [0.3, 0.4) is 0 Å². The normalized spacial score (nSPS) is 12.1. The van der Waals surface area contributed by atoms with E-state index in [2.05, 4.69) is 15.6 Å². The first kappa shape index (κ1) is 28.4. The maximum Gasteiger partial charge on any atom is 0.248 e. The van der Waals surface area contributed by atoms with Crippen molar-refractivity contribution in [1.82, 2.24) is 25.2 Å². The van der Waals surface area contributed by atoms with Crippen LogP contribution in [-0.4, -0.2) is 58.6 Å².